The number of aromatic nitrogens is 1. The van der Waals surface area contributed by atoms with Crippen molar-refractivity contribution >= 4 is 11.3 Å². The smallest absolute Gasteiger partial charge is 0.140 e. The van der Waals surface area contributed by atoms with Gasteiger partial charge < -0.3 is 4.74 Å². The third kappa shape index (κ3) is 1.59. The van der Waals surface area contributed by atoms with Crippen molar-refractivity contribution in [1.82, 2.24) is 4.98 Å². The zero-order chi connectivity index (χ0) is 12.8. The summed E-state index contributed by atoms with van der Waals surface area (Å²) < 4.78 is 6.02. The maximum Gasteiger partial charge on any atom is 0.140 e. The summed E-state index contributed by atoms with van der Waals surface area (Å²) >= 11 is 1.57. The van der Waals surface area contributed by atoms with Gasteiger partial charge in [-0.05, 0) is 26.0 Å². The molecule has 0 aliphatic carbocycles. The van der Waals surface area contributed by atoms with Crippen LogP contribution in [0.15, 0.2) is 24.3 Å². The average Bonchev–Trinajstić information content (AvgIpc) is 2.74. The average molecular weight is 256 g/mol. The second-order valence-corrected chi connectivity index (χ2v) is 5.81. The highest BCUT2D eigenvalue weighted by Crippen LogP contribution is 2.46. The minimum atomic E-state index is -0.380. The molecule has 0 unspecified atom stereocenters. The lowest BCUT2D eigenvalue weighted by molar-refractivity contribution is 0.109. The van der Waals surface area contributed by atoms with E-state index in [0.29, 0.717) is 6.42 Å². The van der Waals surface area contributed by atoms with Crippen LogP contribution < -0.4 is 4.74 Å². The number of ether oxygens (including phenoxy) is 1. The fraction of sp³-hybridized carbons (Fsp3) is 0.286. The van der Waals surface area contributed by atoms with E-state index in [1.807, 2.05) is 38.1 Å². The number of para-hydroxylation sites is 1. The van der Waals surface area contributed by atoms with Gasteiger partial charge in [0.25, 0.3) is 0 Å². The van der Waals surface area contributed by atoms with Gasteiger partial charge in [0.1, 0.15) is 16.4 Å². The van der Waals surface area contributed by atoms with E-state index in [0.717, 1.165) is 26.9 Å². The van der Waals surface area contributed by atoms with Crippen LogP contribution in [0.3, 0.4) is 0 Å². The van der Waals surface area contributed by atoms with Crippen LogP contribution in [0.2, 0.25) is 0 Å². The van der Waals surface area contributed by atoms with E-state index in [1.54, 1.807) is 11.3 Å². The third-order valence-corrected chi connectivity index (χ3v) is 4.32. The number of benzene rings is 1. The normalized spacial score (nSPS) is 15.2. The van der Waals surface area contributed by atoms with Gasteiger partial charge in [0.05, 0.1) is 23.1 Å². The lowest BCUT2D eigenvalue weighted by Gasteiger charge is -2.31. The van der Waals surface area contributed by atoms with E-state index in [2.05, 4.69) is 11.1 Å². The summed E-state index contributed by atoms with van der Waals surface area (Å²) in [6, 6.07) is 10.1. The Kier molecular flexibility index (Phi) is 2.39. The van der Waals surface area contributed by atoms with Crippen LogP contribution in [-0.2, 0) is 12.0 Å². The largest absolute Gasteiger partial charge is 0.482 e. The molecule has 18 heavy (non-hydrogen) atoms. The summed E-state index contributed by atoms with van der Waals surface area (Å²) in [6.07, 6.45) is 0.357. The van der Waals surface area contributed by atoms with E-state index < -0.39 is 0 Å². The van der Waals surface area contributed by atoms with Crippen molar-refractivity contribution in [2.75, 3.05) is 0 Å². The molecule has 0 N–H and O–H groups in total. The molecule has 1 aliphatic rings. The van der Waals surface area contributed by atoms with Crippen LogP contribution in [0.4, 0.5) is 0 Å². The van der Waals surface area contributed by atoms with Crippen LogP contribution in [0, 0.1) is 11.3 Å². The standard InChI is InChI=1S/C14H12N2OS/c1-14(2)13-12(16-11(18-13)7-8-15)9-5-3-4-6-10(9)17-14/h3-6H,7H2,1-2H3. The molecule has 1 aliphatic heterocycles. The zero-order valence-corrected chi connectivity index (χ0v) is 11.0. The van der Waals surface area contributed by atoms with Crippen molar-refractivity contribution in [2.24, 2.45) is 0 Å². The van der Waals surface area contributed by atoms with E-state index in [1.165, 1.54) is 0 Å². The fourth-order valence-electron chi connectivity index (χ4n) is 2.17. The Labute approximate surface area is 110 Å². The molecule has 0 bridgehead atoms. The van der Waals surface area contributed by atoms with Crippen molar-refractivity contribution in [2.45, 2.75) is 25.9 Å². The van der Waals surface area contributed by atoms with Crippen molar-refractivity contribution in [3.05, 3.63) is 34.2 Å². The highest BCUT2D eigenvalue weighted by Gasteiger charge is 2.35. The molecular formula is C14H12N2OS. The Hall–Kier alpha value is -1.86. The molecule has 1 aromatic heterocycles. The van der Waals surface area contributed by atoms with Crippen LogP contribution in [0.25, 0.3) is 11.3 Å². The first kappa shape index (κ1) is 11.2. The van der Waals surface area contributed by atoms with Crippen molar-refractivity contribution in [3.63, 3.8) is 0 Å². The van der Waals surface area contributed by atoms with Gasteiger partial charge in [0.2, 0.25) is 0 Å². The van der Waals surface area contributed by atoms with Crippen molar-refractivity contribution < 1.29 is 4.74 Å². The van der Waals surface area contributed by atoms with Crippen LogP contribution in [0.1, 0.15) is 23.7 Å². The molecule has 0 atom stereocenters. The summed E-state index contributed by atoms with van der Waals surface area (Å²) in [5, 5.41) is 9.65. The first-order valence-electron chi connectivity index (χ1n) is 5.77. The molecular weight excluding hydrogens is 244 g/mol. The Morgan fingerprint density at radius 1 is 1.39 bits per heavy atom. The maximum absolute atomic E-state index is 8.79. The second-order valence-electron chi connectivity index (χ2n) is 4.73. The summed E-state index contributed by atoms with van der Waals surface area (Å²) in [6.45, 7) is 4.08. The lowest BCUT2D eigenvalue weighted by Crippen LogP contribution is -2.27. The Morgan fingerprint density at radius 3 is 2.94 bits per heavy atom. The van der Waals surface area contributed by atoms with E-state index >= 15 is 0 Å². The minimum Gasteiger partial charge on any atom is -0.482 e. The van der Waals surface area contributed by atoms with Gasteiger partial charge in [-0.25, -0.2) is 4.98 Å². The van der Waals surface area contributed by atoms with Crippen molar-refractivity contribution in [1.29, 1.82) is 5.26 Å². The van der Waals surface area contributed by atoms with E-state index in [-0.39, 0.29) is 5.60 Å². The van der Waals surface area contributed by atoms with Crippen LogP contribution >= 0.6 is 11.3 Å². The first-order valence-corrected chi connectivity index (χ1v) is 6.59. The van der Waals surface area contributed by atoms with Gasteiger partial charge in [0.15, 0.2) is 0 Å². The highest BCUT2D eigenvalue weighted by atomic mass is 32.1. The molecule has 0 fully saturated rings. The molecule has 4 heteroatoms. The SMILES string of the molecule is CC1(C)Oc2ccccc2-c2nc(CC#N)sc21. The number of nitrogens with zero attached hydrogens (tertiary/aromatic N) is 2. The topological polar surface area (TPSA) is 45.9 Å². The summed E-state index contributed by atoms with van der Waals surface area (Å²) in [7, 11) is 0. The van der Waals surface area contributed by atoms with Gasteiger partial charge in [0, 0.05) is 5.56 Å². The summed E-state index contributed by atoms with van der Waals surface area (Å²) in [5.74, 6) is 0.865. The molecule has 0 saturated heterocycles. The number of nitriles is 1. The van der Waals surface area contributed by atoms with E-state index in [4.69, 9.17) is 10.00 Å². The molecule has 3 nitrogen and oxygen atoms in total. The van der Waals surface area contributed by atoms with Gasteiger partial charge in [-0.3, -0.25) is 0 Å². The second kappa shape index (κ2) is 3.82. The zero-order valence-electron chi connectivity index (χ0n) is 10.2. The van der Waals surface area contributed by atoms with E-state index in [9.17, 15) is 0 Å². The number of hydrogen-bond acceptors (Lipinski definition) is 4. The Bertz CT molecular complexity index is 652. The molecule has 0 spiro atoms. The predicted molar refractivity (Wildman–Crippen MR) is 70.5 cm³/mol. The molecule has 2 heterocycles. The number of hydrogen-bond donors (Lipinski definition) is 0. The maximum atomic E-state index is 8.79. The van der Waals surface area contributed by atoms with Crippen molar-refractivity contribution in [3.8, 4) is 23.1 Å². The van der Waals surface area contributed by atoms with Gasteiger partial charge in [-0.1, -0.05) is 12.1 Å². The molecule has 2 aromatic rings. The first-order chi connectivity index (χ1) is 8.62. The van der Waals surface area contributed by atoms with Gasteiger partial charge >= 0.3 is 0 Å². The molecule has 3 rings (SSSR count). The molecule has 0 saturated carbocycles. The third-order valence-electron chi connectivity index (χ3n) is 2.96. The minimum absolute atomic E-state index is 0.357. The molecule has 0 radical (unpaired) electrons. The number of rotatable bonds is 1. The van der Waals surface area contributed by atoms with Gasteiger partial charge in [-0.15, -0.1) is 11.3 Å². The Morgan fingerprint density at radius 2 is 2.17 bits per heavy atom. The monoisotopic (exact) mass is 256 g/mol. The predicted octanol–water partition coefficient (Wildman–Crippen LogP) is 3.50. The molecule has 90 valence electrons. The Balaban J connectivity index is 2.23. The number of thiazole rings is 1. The molecule has 0 amide bonds. The van der Waals surface area contributed by atoms with Gasteiger partial charge in [-0.2, -0.15) is 5.26 Å². The summed E-state index contributed by atoms with van der Waals surface area (Å²) in [5.41, 5.74) is 1.61. The fourth-order valence-corrected chi connectivity index (χ4v) is 3.22. The highest BCUT2D eigenvalue weighted by molar-refractivity contribution is 7.12. The lowest BCUT2D eigenvalue weighted by atomic mass is 9.97. The molecule has 1 aromatic carbocycles. The van der Waals surface area contributed by atoms with Crippen LogP contribution in [0.5, 0.6) is 5.75 Å². The number of fused-ring (bicyclic) bond motifs is 3. The summed E-state index contributed by atoms with van der Waals surface area (Å²) in [4.78, 5) is 5.70. The van der Waals surface area contributed by atoms with Crippen LogP contribution in [-0.4, -0.2) is 4.98 Å². The quantitative estimate of drug-likeness (QED) is 0.784.